The number of hydrogen-bond acceptors (Lipinski definition) is 2. The van der Waals surface area contributed by atoms with Crippen LogP contribution in [0.2, 0.25) is 0 Å². The van der Waals surface area contributed by atoms with Gasteiger partial charge in [0.05, 0.1) is 11.6 Å². The van der Waals surface area contributed by atoms with Crippen LogP contribution in [0.15, 0.2) is 48.5 Å². The molecule has 0 atom stereocenters. The van der Waals surface area contributed by atoms with Crippen molar-refractivity contribution in [2.45, 2.75) is 19.9 Å². The van der Waals surface area contributed by atoms with Gasteiger partial charge in [0.25, 0.3) is 0 Å². The van der Waals surface area contributed by atoms with Crippen LogP contribution < -0.4 is 5.32 Å². The maximum Gasteiger partial charge on any atom is 0.0991 e. The first-order valence-corrected chi connectivity index (χ1v) is 6.06. The fourth-order valence-corrected chi connectivity index (χ4v) is 1.83. The van der Waals surface area contributed by atoms with Crippen molar-refractivity contribution in [3.05, 3.63) is 54.1 Å². The molecule has 0 unspecified atom stereocenters. The fraction of sp³-hybridized carbons (Fsp3) is 0.188. The molecule has 0 aliphatic heterocycles. The van der Waals surface area contributed by atoms with Crippen molar-refractivity contribution in [3.8, 4) is 17.2 Å². The van der Waals surface area contributed by atoms with Crippen LogP contribution in [0.3, 0.4) is 0 Å². The SMILES string of the molecule is CC(C)Nc1ccc(-c2ccc(C#N)cc2)cc1. The molecule has 0 amide bonds. The zero-order chi connectivity index (χ0) is 13.0. The molecule has 0 spiro atoms. The maximum absolute atomic E-state index is 8.76. The van der Waals surface area contributed by atoms with E-state index in [-0.39, 0.29) is 0 Å². The molecule has 0 aromatic heterocycles. The first kappa shape index (κ1) is 12.2. The Morgan fingerprint density at radius 2 is 1.39 bits per heavy atom. The minimum absolute atomic E-state index is 0.436. The summed E-state index contributed by atoms with van der Waals surface area (Å²) >= 11 is 0. The Bertz CT molecular complexity index is 545. The lowest BCUT2D eigenvalue weighted by molar-refractivity contribution is 0.900. The van der Waals surface area contributed by atoms with Crippen LogP contribution in [0.25, 0.3) is 11.1 Å². The van der Waals surface area contributed by atoms with Crippen molar-refractivity contribution in [1.82, 2.24) is 0 Å². The van der Waals surface area contributed by atoms with E-state index in [0.29, 0.717) is 11.6 Å². The summed E-state index contributed by atoms with van der Waals surface area (Å²) < 4.78 is 0. The molecule has 90 valence electrons. The van der Waals surface area contributed by atoms with Gasteiger partial charge in [-0.25, -0.2) is 0 Å². The van der Waals surface area contributed by atoms with Gasteiger partial charge < -0.3 is 5.32 Å². The second kappa shape index (κ2) is 5.37. The second-order valence-corrected chi connectivity index (χ2v) is 4.57. The standard InChI is InChI=1S/C16H16N2/c1-12(2)18-16-9-7-15(8-10-16)14-5-3-13(11-17)4-6-14/h3-10,12,18H,1-2H3. The summed E-state index contributed by atoms with van der Waals surface area (Å²) in [5.41, 5.74) is 4.11. The van der Waals surface area contributed by atoms with Crippen molar-refractivity contribution in [2.75, 3.05) is 5.32 Å². The van der Waals surface area contributed by atoms with Crippen LogP contribution in [-0.4, -0.2) is 6.04 Å². The average molecular weight is 236 g/mol. The van der Waals surface area contributed by atoms with Crippen molar-refractivity contribution >= 4 is 5.69 Å². The highest BCUT2D eigenvalue weighted by Gasteiger charge is 1.99. The molecule has 1 N–H and O–H groups in total. The predicted molar refractivity (Wildman–Crippen MR) is 75.4 cm³/mol. The maximum atomic E-state index is 8.76. The van der Waals surface area contributed by atoms with Gasteiger partial charge >= 0.3 is 0 Å². The second-order valence-electron chi connectivity index (χ2n) is 4.57. The quantitative estimate of drug-likeness (QED) is 0.872. The van der Waals surface area contributed by atoms with Crippen LogP contribution in [0.1, 0.15) is 19.4 Å². The summed E-state index contributed by atoms with van der Waals surface area (Å²) in [5.74, 6) is 0. The Labute approximate surface area is 108 Å². The lowest BCUT2D eigenvalue weighted by Crippen LogP contribution is -2.09. The molecule has 2 nitrogen and oxygen atoms in total. The van der Waals surface area contributed by atoms with Gasteiger partial charge in [0.2, 0.25) is 0 Å². The third-order valence-electron chi connectivity index (χ3n) is 2.69. The van der Waals surface area contributed by atoms with E-state index in [2.05, 4.69) is 49.5 Å². The van der Waals surface area contributed by atoms with Crippen LogP contribution in [0, 0.1) is 11.3 Å². The molecule has 0 aliphatic carbocycles. The van der Waals surface area contributed by atoms with Gasteiger partial charge in [0.1, 0.15) is 0 Å². The van der Waals surface area contributed by atoms with Gasteiger partial charge in [-0.3, -0.25) is 0 Å². The zero-order valence-electron chi connectivity index (χ0n) is 10.6. The van der Waals surface area contributed by atoms with E-state index in [1.165, 1.54) is 0 Å². The Morgan fingerprint density at radius 1 is 0.889 bits per heavy atom. The Hall–Kier alpha value is -2.27. The van der Waals surface area contributed by atoms with Gasteiger partial charge in [0, 0.05) is 11.7 Å². The van der Waals surface area contributed by atoms with Crippen molar-refractivity contribution in [2.24, 2.45) is 0 Å². The molecule has 0 bridgehead atoms. The Morgan fingerprint density at radius 3 is 1.83 bits per heavy atom. The Balaban J connectivity index is 2.20. The normalized spacial score (nSPS) is 10.1. The van der Waals surface area contributed by atoms with Crippen molar-refractivity contribution < 1.29 is 0 Å². The summed E-state index contributed by atoms with van der Waals surface area (Å²) in [6.07, 6.45) is 0. The van der Waals surface area contributed by atoms with Crippen LogP contribution in [0.5, 0.6) is 0 Å². The van der Waals surface area contributed by atoms with Crippen molar-refractivity contribution in [1.29, 1.82) is 5.26 Å². The summed E-state index contributed by atoms with van der Waals surface area (Å²) in [7, 11) is 0. The molecule has 0 aliphatic rings. The highest BCUT2D eigenvalue weighted by Crippen LogP contribution is 2.22. The number of benzene rings is 2. The van der Waals surface area contributed by atoms with Crippen molar-refractivity contribution in [3.63, 3.8) is 0 Å². The van der Waals surface area contributed by atoms with E-state index >= 15 is 0 Å². The molecule has 2 rings (SSSR count). The minimum Gasteiger partial charge on any atom is -0.383 e. The van der Waals surface area contributed by atoms with Crippen LogP contribution >= 0.6 is 0 Å². The number of hydrogen-bond donors (Lipinski definition) is 1. The molecule has 0 radical (unpaired) electrons. The van der Waals surface area contributed by atoms with E-state index in [1.807, 2.05) is 24.3 Å². The number of rotatable bonds is 3. The molecular formula is C16H16N2. The highest BCUT2D eigenvalue weighted by molar-refractivity contribution is 5.66. The van der Waals surface area contributed by atoms with Gasteiger partial charge in [-0.2, -0.15) is 5.26 Å². The first-order valence-electron chi connectivity index (χ1n) is 6.06. The average Bonchev–Trinajstić information content (AvgIpc) is 2.39. The molecular weight excluding hydrogens is 220 g/mol. The van der Waals surface area contributed by atoms with E-state index in [0.717, 1.165) is 16.8 Å². The van der Waals surface area contributed by atoms with Gasteiger partial charge in [-0.05, 0) is 49.2 Å². The number of anilines is 1. The summed E-state index contributed by atoms with van der Waals surface area (Å²) in [6, 6.07) is 18.5. The monoisotopic (exact) mass is 236 g/mol. The molecule has 0 saturated carbocycles. The largest absolute Gasteiger partial charge is 0.383 e. The molecule has 2 aromatic carbocycles. The fourth-order valence-electron chi connectivity index (χ4n) is 1.83. The minimum atomic E-state index is 0.436. The number of nitriles is 1. The van der Waals surface area contributed by atoms with E-state index in [9.17, 15) is 0 Å². The smallest absolute Gasteiger partial charge is 0.0991 e. The number of nitrogens with zero attached hydrogens (tertiary/aromatic N) is 1. The zero-order valence-corrected chi connectivity index (χ0v) is 10.6. The van der Waals surface area contributed by atoms with Gasteiger partial charge in [-0.1, -0.05) is 24.3 Å². The molecule has 2 heteroatoms. The summed E-state index contributed by atoms with van der Waals surface area (Å²) in [5, 5.41) is 12.1. The van der Waals surface area contributed by atoms with Gasteiger partial charge in [-0.15, -0.1) is 0 Å². The topological polar surface area (TPSA) is 35.8 Å². The lowest BCUT2D eigenvalue weighted by Gasteiger charge is -2.10. The van der Waals surface area contributed by atoms with Gasteiger partial charge in [0.15, 0.2) is 0 Å². The third-order valence-corrected chi connectivity index (χ3v) is 2.69. The predicted octanol–water partition coefficient (Wildman–Crippen LogP) is 4.05. The number of nitrogens with one attached hydrogen (secondary N) is 1. The van der Waals surface area contributed by atoms with E-state index < -0.39 is 0 Å². The molecule has 0 saturated heterocycles. The summed E-state index contributed by atoms with van der Waals surface area (Å²) in [6.45, 7) is 4.24. The molecule has 0 heterocycles. The van der Waals surface area contributed by atoms with Crippen LogP contribution in [-0.2, 0) is 0 Å². The first-order chi connectivity index (χ1) is 8.69. The molecule has 2 aromatic rings. The lowest BCUT2D eigenvalue weighted by atomic mass is 10.0. The summed E-state index contributed by atoms with van der Waals surface area (Å²) in [4.78, 5) is 0. The van der Waals surface area contributed by atoms with Crippen LogP contribution in [0.4, 0.5) is 5.69 Å². The highest BCUT2D eigenvalue weighted by atomic mass is 14.9. The molecule has 0 fully saturated rings. The third kappa shape index (κ3) is 2.89. The molecule has 18 heavy (non-hydrogen) atoms. The Kier molecular flexibility index (Phi) is 3.64. The van der Waals surface area contributed by atoms with E-state index in [4.69, 9.17) is 5.26 Å². The van der Waals surface area contributed by atoms with E-state index in [1.54, 1.807) is 0 Å².